The molecule has 1 aromatic rings. The minimum atomic E-state index is 0.254. The van der Waals surface area contributed by atoms with Crippen LogP contribution in [0.2, 0.25) is 0 Å². The Morgan fingerprint density at radius 1 is 1.22 bits per heavy atom. The van der Waals surface area contributed by atoms with Gasteiger partial charge in [0.05, 0.1) is 4.47 Å². The number of hydrogen-bond donors (Lipinski definition) is 1. The molecular formula is C6H4Br2O. The van der Waals surface area contributed by atoms with Gasteiger partial charge in [0.25, 0.3) is 0 Å². The van der Waals surface area contributed by atoms with Gasteiger partial charge in [0.1, 0.15) is 5.75 Å². The van der Waals surface area contributed by atoms with Gasteiger partial charge in [0.2, 0.25) is 0 Å². The van der Waals surface area contributed by atoms with Crippen molar-refractivity contribution >= 4 is 31.9 Å². The molecule has 0 bridgehead atoms. The van der Waals surface area contributed by atoms with Crippen molar-refractivity contribution in [3.8, 4) is 5.75 Å². The second-order valence-electron chi connectivity index (χ2n) is 1.57. The molecule has 0 saturated heterocycles. The molecule has 0 radical (unpaired) electrons. The molecule has 1 rings (SSSR count). The summed E-state index contributed by atoms with van der Waals surface area (Å²) >= 11 is 6.42. The van der Waals surface area contributed by atoms with Gasteiger partial charge in [-0.05, 0) is 44.0 Å². The zero-order valence-electron chi connectivity index (χ0n) is 4.44. The summed E-state index contributed by atoms with van der Waals surface area (Å²) in [6.45, 7) is 0. The maximum Gasteiger partial charge on any atom is 0.130 e. The Kier molecular flexibility index (Phi) is 2.13. The van der Waals surface area contributed by atoms with Gasteiger partial charge in [0, 0.05) is 4.47 Å². The van der Waals surface area contributed by atoms with Crippen LogP contribution in [0.4, 0.5) is 0 Å². The van der Waals surface area contributed by atoms with E-state index in [0.717, 1.165) is 4.47 Å². The molecule has 1 nitrogen and oxygen atoms in total. The topological polar surface area (TPSA) is 20.2 Å². The van der Waals surface area contributed by atoms with Crippen molar-refractivity contribution in [2.75, 3.05) is 0 Å². The summed E-state index contributed by atoms with van der Waals surface area (Å²) in [6.07, 6.45) is 0. The maximum atomic E-state index is 9.02. The average Bonchev–Trinajstić information content (AvgIpc) is 1.83. The minimum absolute atomic E-state index is 0.254. The number of benzene rings is 1. The number of rotatable bonds is 0. The Balaban J connectivity index is 3.25. The minimum Gasteiger partial charge on any atom is -0.507 e. The smallest absolute Gasteiger partial charge is 0.130 e. The SMILES string of the molecule is Oc1cccc(Br)c1Br. The summed E-state index contributed by atoms with van der Waals surface area (Å²) < 4.78 is 1.56. The summed E-state index contributed by atoms with van der Waals surface area (Å²) in [5.74, 6) is 0.254. The van der Waals surface area contributed by atoms with Crippen molar-refractivity contribution < 1.29 is 5.11 Å². The number of halogens is 2. The van der Waals surface area contributed by atoms with Crippen LogP contribution in [0.3, 0.4) is 0 Å². The third-order valence-electron chi connectivity index (χ3n) is 0.931. The second-order valence-corrected chi connectivity index (χ2v) is 3.22. The van der Waals surface area contributed by atoms with E-state index < -0.39 is 0 Å². The summed E-state index contributed by atoms with van der Waals surface area (Å²) in [4.78, 5) is 0. The first-order valence-corrected chi connectivity index (χ1v) is 3.93. The van der Waals surface area contributed by atoms with E-state index in [-0.39, 0.29) is 5.75 Å². The monoisotopic (exact) mass is 250 g/mol. The second kappa shape index (κ2) is 2.71. The van der Waals surface area contributed by atoms with Crippen LogP contribution in [0, 0.1) is 0 Å². The van der Waals surface area contributed by atoms with Crippen molar-refractivity contribution in [1.82, 2.24) is 0 Å². The molecule has 0 atom stereocenters. The van der Waals surface area contributed by atoms with Gasteiger partial charge >= 0.3 is 0 Å². The molecule has 0 aromatic heterocycles. The molecule has 0 heterocycles. The molecule has 0 aliphatic rings. The molecular weight excluding hydrogens is 248 g/mol. The highest BCUT2D eigenvalue weighted by Gasteiger charge is 1.98. The molecule has 1 N–H and O–H groups in total. The van der Waals surface area contributed by atoms with Crippen LogP contribution in [-0.4, -0.2) is 5.11 Å². The summed E-state index contributed by atoms with van der Waals surface area (Å²) in [7, 11) is 0. The molecule has 0 saturated carbocycles. The summed E-state index contributed by atoms with van der Waals surface area (Å²) in [5.41, 5.74) is 0. The zero-order chi connectivity index (χ0) is 6.85. The third-order valence-corrected chi connectivity index (χ3v) is 2.96. The molecule has 48 valence electrons. The number of hydrogen-bond acceptors (Lipinski definition) is 1. The molecule has 9 heavy (non-hydrogen) atoms. The van der Waals surface area contributed by atoms with Crippen LogP contribution in [0.15, 0.2) is 27.1 Å². The lowest BCUT2D eigenvalue weighted by molar-refractivity contribution is 0.471. The predicted molar refractivity (Wildman–Crippen MR) is 43.5 cm³/mol. The average molecular weight is 252 g/mol. The fourth-order valence-corrected chi connectivity index (χ4v) is 1.11. The highest BCUT2D eigenvalue weighted by molar-refractivity contribution is 9.13. The van der Waals surface area contributed by atoms with Crippen LogP contribution < -0.4 is 0 Å². The van der Waals surface area contributed by atoms with Crippen LogP contribution in [-0.2, 0) is 0 Å². The predicted octanol–water partition coefficient (Wildman–Crippen LogP) is 2.92. The van der Waals surface area contributed by atoms with E-state index in [1.54, 1.807) is 12.1 Å². The Morgan fingerprint density at radius 3 is 2.33 bits per heavy atom. The van der Waals surface area contributed by atoms with Gasteiger partial charge < -0.3 is 5.11 Å². The Morgan fingerprint density at radius 2 is 1.89 bits per heavy atom. The first-order chi connectivity index (χ1) is 4.22. The Bertz CT molecular complexity index is 202. The number of phenolic OH excluding ortho intramolecular Hbond substituents is 1. The van der Waals surface area contributed by atoms with E-state index in [4.69, 9.17) is 5.11 Å². The standard InChI is InChI=1S/C6H4Br2O/c7-4-2-1-3-5(9)6(4)8/h1-3,9H. The van der Waals surface area contributed by atoms with Crippen molar-refractivity contribution in [2.45, 2.75) is 0 Å². The van der Waals surface area contributed by atoms with Gasteiger partial charge in [-0.15, -0.1) is 0 Å². The molecule has 0 aliphatic carbocycles. The Hall–Kier alpha value is -0.0200. The van der Waals surface area contributed by atoms with E-state index in [1.165, 1.54) is 0 Å². The fraction of sp³-hybridized carbons (Fsp3) is 0. The van der Waals surface area contributed by atoms with Gasteiger partial charge in [-0.1, -0.05) is 6.07 Å². The first kappa shape index (κ1) is 7.09. The molecule has 3 heteroatoms. The van der Waals surface area contributed by atoms with Gasteiger partial charge in [-0.2, -0.15) is 0 Å². The van der Waals surface area contributed by atoms with Crippen LogP contribution in [0.1, 0.15) is 0 Å². The largest absolute Gasteiger partial charge is 0.507 e. The van der Waals surface area contributed by atoms with Crippen LogP contribution in [0.25, 0.3) is 0 Å². The lowest BCUT2D eigenvalue weighted by Crippen LogP contribution is -1.68. The zero-order valence-corrected chi connectivity index (χ0v) is 7.61. The van der Waals surface area contributed by atoms with Crippen LogP contribution in [0.5, 0.6) is 5.75 Å². The molecule has 0 unspecified atom stereocenters. The highest BCUT2D eigenvalue weighted by Crippen LogP contribution is 2.30. The van der Waals surface area contributed by atoms with Gasteiger partial charge in [-0.25, -0.2) is 0 Å². The van der Waals surface area contributed by atoms with Gasteiger partial charge in [-0.3, -0.25) is 0 Å². The van der Waals surface area contributed by atoms with Crippen molar-refractivity contribution in [3.05, 3.63) is 27.1 Å². The fourth-order valence-electron chi connectivity index (χ4n) is 0.492. The van der Waals surface area contributed by atoms with Crippen molar-refractivity contribution in [2.24, 2.45) is 0 Å². The summed E-state index contributed by atoms with van der Waals surface area (Å²) in [6, 6.07) is 5.24. The Labute approximate surface area is 70.0 Å². The molecule has 0 amide bonds. The normalized spacial score (nSPS) is 9.56. The van der Waals surface area contributed by atoms with E-state index in [2.05, 4.69) is 31.9 Å². The van der Waals surface area contributed by atoms with E-state index in [1.807, 2.05) is 6.07 Å². The lowest BCUT2D eigenvalue weighted by Gasteiger charge is -1.95. The van der Waals surface area contributed by atoms with E-state index in [0.29, 0.717) is 4.47 Å². The molecule has 0 aliphatic heterocycles. The van der Waals surface area contributed by atoms with Crippen LogP contribution >= 0.6 is 31.9 Å². The van der Waals surface area contributed by atoms with Crippen molar-refractivity contribution in [3.63, 3.8) is 0 Å². The van der Waals surface area contributed by atoms with E-state index in [9.17, 15) is 0 Å². The molecule has 0 spiro atoms. The quantitative estimate of drug-likeness (QED) is 0.752. The van der Waals surface area contributed by atoms with Crippen molar-refractivity contribution in [1.29, 1.82) is 0 Å². The third kappa shape index (κ3) is 1.46. The maximum absolute atomic E-state index is 9.02. The molecule has 1 aromatic carbocycles. The number of aromatic hydroxyl groups is 1. The summed E-state index contributed by atoms with van der Waals surface area (Å²) in [5, 5.41) is 9.02. The van der Waals surface area contributed by atoms with E-state index >= 15 is 0 Å². The van der Waals surface area contributed by atoms with Gasteiger partial charge in [0.15, 0.2) is 0 Å². The molecule has 0 fully saturated rings. The highest BCUT2D eigenvalue weighted by atomic mass is 79.9. The first-order valence-electron chi connectivity index (χ1n) is 2.35. The number of phenols is 1. The lowest BCUT2D eigenvalue weighted by atomic mass is 10.3.